The maximum Gasteiger partial charge on any atom is 0.294 e. The highest BCUT2D eigenvalue weighted by atomic mass is 35.5. The highest BCUT2D eigenvalue weighted by Crippen LogP contribution is 1.86. The molecule has 0 aromatic carbocycles. The predicted molar refractivity (Wildman–Crippen MR) is 34.2 cm³/mol. The van der Waals surface area contributed by atoms with E-state index in [-0.39, 0.29) is 12.7 Å². The average molecular weight is 170 g/mol. The zero-order chi connectivity index (χ0) is 7.82. The molecule has 0 unspecified atom stereocenters. The lowest BCUT2D eigenvalue weighted by Crippen LogP contribution is -2.04. The lowest BCUT2D eigenvalue weighted by molar-refractivity contribution is -0.757. The third-order valence-corrected chi connectivity index (χ3v) is 0.861. The predicted octanol–water partition coefficient (Wildman–Crippen LogP) is 0.798. The van der Waals surface area contributed by atoms with Gasteiger partial charge in [0.1, 0.15) is 6.07 Å². The van der Waals surface area contributed by atoms with Gasteiger partial charge < -0.3 is 9.57 Å². The first-order chi connectivity index (χ1) is 4.77. The van der Waals surface area contributed by atoms with E-state index in [0.717, 1.165) is 0 Å². The molecule has 0 saturated carbocycles. The van der Waals surface area contributed by atoms with E-state index in [1.165, 1.54) is 0 Å². The summed E-state index contributed by atoms with van der Waals surface area (Å²) in [5.41, 5.74) is 0. The molecule has 0 amide bonds. The van der Waals surface area contributed by atoms with Crippen LogP contribution in [0.2, 0.25) is 0 Å². The molecule has 0 N–H and O–H groups in total. The molecule has 10 heavy (non-hydrogen) atoms. The number of hydrogen-bond donors (Lipinski definition) is 0. The molecule has 0 atom stereocenters. The van der Waals surface area contributed by atoms with Crippen LogP contribution in [0.3, 0.4) is 0 Å². The van der Waals surface area contributed by atoms with Crippen LogP contribution in [0.4, 0.5) is 0 Å². The van der Waals surface area contributed by atoms with Crippen LogP contribution in [0.15, 0.2) is 0 Å². The molecule has 0 spiro atoms. The van der Waals surface area contributed by atoms with Gasteiger partial charge in [0.15, 0.2) is 0 Å². The average Bonchev–Trinajstić information content (AvgIpc) is 1.87. The second-order valence-corrected chi connectivity index (χ2v) is 1.65. The van der Waals surface area contributed by atoms with Crippen molar-refractivity contribution in [1.82, 2.24) is 0 Å². The fraction of sp³-hybridized carbons (Fsp3) is 1.00. The lowest BCUT2D eigenvalue weighted by atomic mass is 10.5. The summed E-state index contributed by atoms with van der Waals surface area (Å²) in [6.45, 7) is 0.446. The van der Waals surface area contributed by atoms with Crippen LogP contribution in [0.1, 0.15) is 6.42 Å². The van der Waals surface area contributed by atoms with Crippen LogP contribution in [-0.4, -0.2) is 24.4 Å². The van der Waals surface area contributed by atoms with E-state index in [1.54, 1.807) is 0 Å². The lowest BCUT2D eigenvalue weighted by Gasteiger charge is -1.97. The van der Waals surface area contributed by atoms with Gasteiger partial charge in [-0.15, -0.1) is 10.1 Å². The van der Waals surface area contributed by atoms with Gasteiger partial charge in [-0.2, -0.15) is 0 Å². The monoisotopic (exact) mass is 169 g/mol. The van der Waals surface area contributed by atoms with E-state index in [0.29, 0.717) is 13.0 Å². The zero-order valence-corrected chi connectivity index (χ0v) is 6.04. The first kappa shape index (κ1) is 9.45. The van der Waals surface area contributed by atoms with Crippen molar-refractivity contribution in [3.8, 4) is 0 Å². The Hall–Kier alpha value is -0.550. The summed E-state index contributed by atoms with van der Waals surface area (Å²) >= 11 is 5.15. The molecule has 0 aliphatic heterocycles. The standard InChI is InChI=1S/C4H8ClNO4/c5-4-9-2-1-3-10-6(7)8/h1-4H2. The molecule has 5 nitrogen and oxygen atoms in total. The maximum atomic E-state index is 9.55. The SMILES string of the molecule is O=[N+]([O-])OCCCOCCl. The summed E-state index contributed by atoms with van der Waals surface area (Å²) in [7, 11) is 0. The molecule has 0 aliphatic rings. The molecular weight excluding hydrogens is 162 g/mol. The Bertz CT molecular complexity index is 99.3. The van der Waals surface area contributed by atoms with Crippen LogP contribution in [0, 0.1) is 10.1 Å². The highest BCUT2D eigenvalue weighted by Gasteiger charge is 1.92. The molecule has 0 heterocycles. The Kier molecular flexibility index (Phi) is 6.21. The number of nitrogens with zero attached hydrogens (tertiary/aromatic N) is 1. The highest BCUT2D eigenvalue weighted by molar-refractivity contribution is 6.17. The van der Waals surface area contributed by atoms with Gasteiger partial charge in [-0.25, -0.2) is 0 Å². The van der Waals surface area contributed by atoms with Crippen molar-refractivity contribution in [2.75, 3.05) is 19.3 Å². The fourth-order valence-corrected chi connectivity index (χ4v) is 0.464. The molecule has 0 aliphatic carbocycles. The number of rotatable bonds is 6. The van der Waals surface area contributed by atoms with E-state index in [2.05, 4.69) is 9.57 Å². The first-order valence-electron chi connectivity index (χ1n) is 2.68. The summed E-state index contributed by atoms with van der Waals surface area (Å²) in [4.78, 5) is 13.5. The third kappa shape index (κ3) is 7.45. The summed E-state index contributed by atoms with van der Waals surface area (Å²) in [5.74, 6) is 0. The van der Waals surface area contributed by atoms with Crippen molar-refractivity contribution in [2.24, 2.45) is 0 Å². The zero-order valence-electron chi connectivity index (χ0n) is 5.29. The van der Waals surface area contributed by atoms with E-state index in [4.69, 9.17) is 11.6 Å². The van der Waals surface area contributed by atoms with Gasteiger partial charge in [-0.3, -0.25) is 0 Å². The van der Waals surface area contributed by atoms with Gasteiger partial charge in [0.25, 0.3) is 5.09 Å². The minimum atomic E-state index is -0.833. The number of ether oxygens (including phenoxy) is 1. The minimum Gasteiger partial charge on any atom is -0.366 e. The molecule has 0 fully saturated rings. The molecule has 60 valence electrons. The maximum absolute atomic E-state index is 9.55. The van der Waals surface area contributed by atoms with Crippen LogP contribution in [-0.2, 0) is 9.57 Å². The molecule has 6 heteroatoms. The molecule has 0 radical (unpaired) electrons. The van der Waals surface area contributed by atoms with E-state index in [9.17, 15) is 10.1 Å². The van der Waals surface area contributed by atoms with Crippen LogP contribution in [0.25, 0.3) is 0 Å². The first-order valence-corrected chi connectivity index (χ1v) is 3.22. The summed E-state index contributed by atoms with van der Waals surface area (Å²) in [6, 6.07) is 0.110. The van der Waals surface area contributed by atoms with Crippen LogP contribution in [0.5, 0.6) is 0 Å². The van der Waals surface area contributed by atoms with Crippen molar-refractivity contribution in [3.63, 3.8) is 0 Å². The second-order valence-electron chi connectivity index (χ2n) is 1.43. The Balaban J connectivity index is 2.84. The largest absolute Gasteiger partial charge is 0.366 e. The quantitative estimate of drug-likeness (QED) is 0.255. The topological polar surface area (TPSA) is 61.6 Å². The molecule has 0 bridgehead atoms. The van der Waals surface area contributed by atoms with Crippen molar-refractivity contribution < 1.29 is 14.7 Å². The van der Waals surface area contributed by atoms with Crippen LogP contribution >= 0.6 is 11.6 Å². The van der Waals surface area contributed by atoms with E-state index in [1.807, 2.05) is 0 Å². The van der Waals surface area contributed by atoms with Crippen molar-refractivity contribution in [1.29, 1.82) is 0 Å². The van der Waals surface area contributed by atoms with Gasteiger partial charge in [-0.05, 0) is 6.42 Å². The normalized spacial score (nSPS) is 9.30. The Morgan fingerprint density at radius 2 is 2.20 bits per heavy atom. The van der Waals surface area contributed by atoms with Gasteiger partial charge in [0.2, 0.25) is 0 Å². The molecule has 0 aromatic heterocycles. The Morgan fingerprint density at radius 1 is 1.50 bits per heavy atom. The van der Waals surface area contributed by atoms with Crippen molar-refractivity contribution >= 4 is 11.6 Å². The second kappa shape index (κ2) is 6.57. The smallest absolute Gasteiger partial charge is 0.294 e. The van der Waals surface area contributed by atoms with Crippen molar-refractivity contribution in [2.45, 2.75) is 6.42 Å². The third-order valence-electron chi connectivity index (χ3n) is 0.707. The summed E-state index contributed by atoms with van der Waals surface area (Å²) in [5, 5.41) is 8.72. The summed E-state index contributed by atoms with van der Waals surface area (Å²) in [6.07, 6.45) is 0.480. The number of alkyl halides is 1. The number of hydrogen-bond acceptors (Lipinski definition) is 4. The van der Waals surface area contributed by atoms with E-state index < -0.39 is 5.09 Å². The van der Waals surface area contributed by atoms with Crippen molar-refractivity contribution in [3.05, 3.63) is 10.1 Å². The minimum absolute atomic E-state index is 0.0594. The van der Waals surface area contributed by atoms with Gasteiger partial charge >= 0.3 is 0 Å². The van der Waals surface area contributed by atoms with Crippen LogP contribution < -0.4 is 0 Å². The molecular formula is C4H8ClNO4. The van der Waals surface area contributed by atoms with E-state index >= 15 is 0 Å². The van der Waals surface area contributed by atoms with Gasteiger partial charge in [0.05, 0.1) is 13.2 Å². The summed E-state index contributed by atoms with van der Waals surface area (Å²) < 4.78 is 4.68. The molecule has 0 aromatic rings. The Labute approximate surface area is 63.0 Å². The number of halogens is 1. The Morgan fingerprint density at radius 3 is 2.70 bits per heavy atom. The van der Waals surface area contributed by atoms with Gasteiger partial charge in [-0.1, -0.05) is 11.6 Å². The van der Waals surface area contributed by atoms with Gasteiger partial charge in [0, 0.05) is 0 Å². The fourth-order valence-electron chi connectivity index (χ4n) is 0.355. The molecule has 0 rings (SSSR count). The molecule has 0 saturated heterocycles.